The maximum atomic E-state index is 4.23. The van der Waals surface area contributed by atoms with Crippen molar-refractivity contribution in [2.45, 2.75) is 0 Å². The summed E-state index contributed by atoms with van der Waals surface area (Å²) in [7, 11) is 1.95. The van der Waals surface area contributed by atoms with Gasteiger partial charge in [-0.1, -0.05) is 0 Å². The van der Waals surface area contributed by atoms with Gasteiger partial charge in [-0.2, -0.15) is 0 Å². The molecular weight excluding hydrogens is 220 g/mol. The molecule has 0 aliphatic carbocycles. The lowest BCUT2D eigenvalue weighted by atomic mass is 10.5. The second-order valence-electron chi connectivity index (χ2n) is 2.59. The van der Waals surface area contributed by atoms with Gasteiger partial charge < -0.3 is 4.90 Å². The number of rotatable bonds is 0. The average Bonchev–Trinajstić information content (AvgIpc) is 2.03. The van der Waals surface area contributed by atoms with Crippen molar-refractivity contribution in [1.29, 1.82) is 0 Å². The molecule has 0 atom stereocenters. The van der Waals surface area contributed by atoms with E-state index >= 15 is 0 Å². The van der Waals surface area contributed by atoms with Crippen molar-refractivity contribution < 1.29 is 0 Å². The number of hydrogen-bond acceptors (Lipinski definition) is 4. The van der Waals surface area contributed by atoms with E-state index in [1.165, 1.54) is 0 Å². The summed E-state index contributed by atoms with van der Waals surface area (Å²) in [6, 6.07) is 0. The van der Waals surface area contributed by atoms with Gasteiger partial charge in [-0.3, -0.25) is 0 Å². The lowest BCUT2D eigenvalue weighted by molar-refractivity contribution is 0.492. The molecule has 0 fully saturated rings. The van der Waals surface area contributed by atoms with Crippen molar-refractivity contribution >= 4 is 22.1 Å². The summed E-state index contributed by atoms with van der Waals surface area (Å²) < 4.78 is 0.739. The molecule has 0 bridgehead atoms. The molecule has 2 rings (SSSR count). The molecule has 0 aromatic carbocycles. The number of nitrogens with zero attached hydrogens (tertiary/aromatic N) is 4. The molecule has 0 saturated heterocycles. The van der Waals surface area contributed by atoms with Crippen molar-refractivity contribution in [3.8, 4) is 0 Å². The minimum absolute atomic E-state index is 0.656. The maximum Gasteiger partial charge on any atom is 0.176 e. The minimum Gasteiger partial charge on any atom is -0.359 e. The van der Waals surface area contributed by atoms with Crippen LogP contribution in [0.15, 0.2) is 15.8 Å². The Bertz CT molecular complexity index is 414. The Morgan fingerprint density at radius 2 is 2.42 bits per heavy atom. The summed E-state index contributed by atoms with van der Waals surface area (Å²) in [5.41, 5.74) is 0.719. The molecule has 0 N–H and O–H groups in total. The standard InChI is InChI=1S/C7H7BrN4/c1-12-3-5-7(10-4-12)9-2-6(8)11-5/h2-3H,4H2,1H3. The minimum atomic E-state index is 0.656. The normalized spacial score (nSPS) is 14.7. The van der Waals surface area contributed by atoms with Crippen molar-refractivity contribution in [3.63, 3.8) is 0 Å². The molecule has 5 heteroatoms. The third-order valence-corrected chi connectivity index (χ3v) is 1.92. The van der Waals surface area contributed by atoms with Gasteiger partial charge in [-0.15, -0.1) is 0 Å². The summed E-state index contributed by atoms with van der Waals surface area (Å²) in [5.74, 6) is 0. The SMILES string of the molecule is CN1C=c2nc(Br)cnc2=NC1. The molecule has 0 saturated carbocycles. The third kappa shape index (κ3) is 1.32. The van der Waals surface area contributed by atoms with Gasteiger partial charge in [0.1, 0.15) is 16.6 Å². The van der Waals surface area contributed by atoms with Crippen LogP contribution < -0.4 is 10.8 Å². The van der Waals surface area contributed by atoms with Gasteiger partial charge in [-0.25, -0.2) is 15.0 Å². The van der Waals surface area contributed by atoms with Crippen LogP contribution in [0.3, 0.4) is 0 Å². The number of fused-ring (bicyclic) bond motifs is 1. The Morgan fingerprint density at radius 1 is 1.58 bits per heavy atom. The second kappa shape index (κ2) is 2.82. The molecule has 0 radical (unpaired) electrons. The van der Waals surface area contributed by atoms with E-state index in [-0.39, 0.29) is 0 Å². The van der Waals surface area contributed by atoms with Crippen molar-refractivity contribution in [1.82, 2.24) is 14.9 Å². The maximum absolute atomic E-state index is 4.23. The van der Waals surface area contributed by atoms with Crippen LogP contribution >= 0.6 is 15.9 Å². The van der Waals surface area contributed by atoms with Gasteiger partial charge in [0.05, 0.1) is 6.20 Å². The molecule has 1 aromatic rings. The van der Waals surface area contributed by atoms with Crippen molar-refractivity contribution in [2.75, 3.05) is 13.7 Å². The first-order valence-electron chi connectivity index (χ1n) is 3.51. The van der Waals surface area contributed by atoms with Gasteiger partial charge in [0.25, 0.3) is 0 Å². The van der Waals surface area contributed by atoms with E-state index in [0.717, 1.165) is 15.4 Å². The van der Waals surface area contributed by atoms with E-state index in [1.807, 2.05) is 18.1 Å². The van der Waals surface area contributed by atoms with Crippen LogP contribution in [0.4, 0.5) is 0 Å². The first-order chi connectivity index (χ1) is 5.75. The average molecular weight is 227 g/mol. The molecule has 0 spiro atoms. The van der Waals surface area contributed by atoms with E-state index in [2.05, 4.69) is 30.9 Å². The van der Waals surface area contributed by atoms with Crippen molar-refractivity contribution in [2.24, 2.45) is 4.99 Å². The molecule has 0 unspecified atom stereocenters. The molecule has 1 aliphatic rings. The zero-order valence-electron chi connectivity index (χ0n) is 6.53. The molecule has 4 nitrogen and oxygen atoms in total. The lowest BCUT2D eigenvalue weighted by Gasteiger charge is -2.12. The van der Waals surface area contributed by atoms with Gasteiger partial charge >= 0.3 is 0 Å². The van der Waals surface area contributed by atoms with Gasteiger partial charge in [0, 0.05) is 13.2 Å². The van der Waals surface area contributed by atoms with Crippen LogP contribution in [0.5, 0.6) is 0 Å². The highest BCUT2D eigenvalue weighted by molar-refractivity contribution is 9.10. The summed E-state index contributed by atoms with van der Waals surface area (Å²) in [5, 5.41) is 0.818. The Morgan fingerprint density at radius 3 is 3.25 bits per heavy atom. The van der Waals surface area contributed by atoms with Gasteiger partial charge in [0.2, 0.25) is 0 Å². The Balaban J connectivity index is 2.72. The number of hydrogen-bond donors (Lipinski definition) is 0. The predicted octanol–water partition coefficient (Wildman–Crippen LogP) is -0.500. The lowest BCUT2D eigenvalue weighted by Crippen LogP contribution is -2.38. The molecule has 1 aromatic heterocycles. The Labute approximate surface area is 77.8 Å². The molecule has 1 aliphatic heterocycles. The quantitative estimate of drug-likeness (QED) is 0.600. The highest BCUT2D eigenvalue weighted by atomic mass is 79.9. The largest absolute Gasteiger partial charge is 0.359 e. The van der Waals surface area contributed by atoms with Crippen LogP contribution in [0.2, 0.25) is 0 Å². The summed E-state index contributed by atoms with van der Waals surface area (Å²) >= 11 is 3.26. The predicted molar refractivity (Wildman–Crippen MR) is 47.6 cm³/mol. The first kappa shape index (κ1) is 7.67. The second-order valence-corrected chi connectivity index (χ2v) is 3.40. The van der Waals surface area contributed by atoms with Crippen LogP contribution in [0.25, 0.3) is 6.20 Å². The zero-order valence-corrected chi connectivity index (χ0v) is 8.11. The number of aromatic nitrogens is 2. The van der Waals surface area contributed by atoms with Crippen molar-refractivity contribution in [3.05, 3.63) is 21.6 Å². The summed E-state index contributed by atoms with van der Waals surface area (Å²) in [4.78, 5) is 14.5. The van der Waals surface area contributed by atoms with E-state index in [4.69, 9.17) is 0 Å². The smallest absolute Gasteiger partial charge is 0.176 e. The molecular formula is C7H7BrN4. The molecule has 62 valence electrons. The van der Waals surface area contributed by atoms with Crippen LogP contribution in [-0.2, 0) is 0 Å². The highest BCUT2D eigenvalue weighted by Crippen LogP contribution is 1.96. The number of halogens is 1. The fourth-order valence-corrected chi connectivity index (χ4v) is 1.30. The van der Waals surface area contributed by atoms with E-state index in [1.54, 1.807) is 6.20 Å². The van der Waals surface area contributed by atoms with Crippen LogP contribution in [0.1, 0.15) is 0 Å². The zero-order chi connectivity index (χ0) is 8.55. The van der Waals surface area contributed by atoms with E-state index < -0.39 is 0 Å². The fraction of sp³-hybridized carbons (Fsp3) is 0.286. The van der Waals surface area contributed by atoms with Crippen LogP contribution in [-0.4, -0.2) is 28.6 Å². The van der Waals surface area contributed by atoms with E-state index in [9.17, 15) is 0 Å². The first-order valence-corrected chi connectivity index (χ1v) is 4.30. The highest BCUT2D eigenvalue weighted by Gasteiger charge is 2.00. The monoisotopic (exact) mass is 226 g/mol. The Kier molecular flexibility index (Phi) is 1.80. The Hall–Kier alpha value is -0.970. The summed E-state index contributed by atoms with van der Waals surface area (Å²) in [6.45, 7) is 0.656. The van der Waals surface area contributed by atoms with Gasteiger partial charge in [0.15, 0.2) is 5.49 Å². The third-order valence-electron chi connectivity index (χ3n) is 1.54. The molecule has 2 heterocycles. The molecule has 0 amide bonds. The van der Waals surface area contributed by atoms with E-state index in [0.29, 0.717) is 6.67 Å². The molecule has 12 heavy (non-hydrogen) atoms. The topological polar surface area (TPSA) is 41.4 Å². The summed E-state index contributed by atoms with van der Waals surface area (Å²) in [6.07, 6.45) is 3.58. The fourth-order valence-electron chi connectivity index (χ4n) is 1.01. The van der Waals surface area contributed by atoms with Gasteiger partial charge in [-0.05, 0) is 15.9 Å². The van der Waals surface area contributed by atoms with Crippen LogP contribution in [0, 0.1) is 0 Å².